The predicted molar refractivity (Wildman–Crippen MR) is 59.1 cm³/mol. The van der Waals surface area contributed by atoms with Gasteiger partial charge < -0.3 is 20.1 Å². The van der Waals surface area contributed by atoms with E-state index in [1.165, 1.54) is 6.92 Å². The second kappa shape index (κ2) is 4.65. The molecular formula is C10H14N2O6. The molecule has 1 fully saturated rings. The minimum atomic E-state index is -3.28. The first-order valence-corrected chi connectivity index (χ1v) is 4.95. The Kier molecular flexibility index (Phi) is 2.22. The van der Waals surface area contributed by atoms with Crippen molar-refractivity contribution in [3.05, 3.63) is 32.6 Å². The fourth-order valence-electron chi connectivity index (χ4n) is 1.57. The number of aromatic amines is 1. The molecule has 0 spiro atoms. The van der Waals surface area contributed by atoms with Crippen molar-refractivity contribution >= 4 is 0 Å². The molecule has 4 N–H and O–H groups in total. The summed E-state index contributed by atoms with van der Waals surface area (Å²) in [6, 6.07) is 0. The molecule has 1 aromatic heterocycles. The SMILES string of the molecule is [2H]C([2H])(O)[C@H]1O[C@@H](n2cc(C)c(=O)[nH]c2=O)[C@]([2H])(O)[C@]1([2H])O. The quantitative estimate of drug-likeness (QED) is 0.465. The second-order valence-electron chi connectivity index (χ2n) is 3.75. The number of ether oxygens (including phenoxy) is 1. The van der Waals surface area contributed by atoms with Gasteiger partial charge >= 0.3 is 5.69 Å². The molecule has 1 aliphatic heterocycles. The third-order valence-corrected chi connectivity index (χ3v) is 2.53. The van der Waals surface area contributed by atoms with E-state index in [1.54, 1.807) is 0 Å². The van der Waals surface area contributed by atoms with E-state index in [9.17, 15) is 24.9 Å². The Hall–Kier alpha value is -1.48. The average molecular weight is 262 g/mol. The molecule has 0 unspecified atom stereocenters. The number of aromatic nitrogens is 2. The summed E-state index contributed by atoms with van der Waals surface area (Å²) in [7, 11) is 0. The molecule has 1 aromatic rings. The highest BCUT2D eigenvalue weighted by atomic mass is 16.6. The molecule has 0 amide bonds. The maximum absolute atomic E-state index is 11.8. The third-order valence-electron chi connectivity index (χ3n) is 2.53. The van der Waals surface area contributed by atoms with Crippen molar-refractivity contribution in [2.24, 2.45) is 0 Å². The van der Waals surface area contributed by atoms with E-state index in [4.69, 9.17) is 10.2 Å². The van der Waals surface area contributed by atoms with Gasteiger partial charge in [0.15, 0.2) is 6.23 Å². The van der Waals surface area contributed by atoms with Gasteiger partial charge in [-0.15, -0.1) is 0 Å². The van der Waals surface area contributed by atoms with Crippen LogP contribution in [0.15, 0.2) is 15.8 Å². The van der Waals surface area contributed by atoms with Crippen LogP contribution in [0.4, 0.5) is 0 Å². The molecule has 4 atom stereocenters. The van der Waals surface area contributed by atoms with Crippen molar-refractivity contribution < 1.29 is 25.5 Å². The summed E-state index contributed by atoms with van der Waals surface area (Å²) >= 11 is 0. The summed E-state index contributed by atoms with van der Waals surface area (Å²) in [5, 5.41) is 29.2. The molecule has 0 radical (unpaired) electrons. The summed E-state index contributed by atoms with van der Waals surface area (Å²) in [6.45, 7) is -1.94. The Bertz CT molecular complexity index is 707. The Morgan fingerprint density at radius 3 is 2.78 bits per heavy atom. The molecular weight excluding hydrogens is 244 g/mol. The Balaban J connectivity index is 2.61. The van der Waals surface area contributed by atoms with Crippen LogP contribution >= 0.6 is 0 Å². The molecule has 0 aromatic carbocycles. The fourth-order valence-corrected chi connectivity index (χ4v) is 1.57. The molecule has 1 saturated heterocycles. The van der Waals surface area contributed by atoms with Gasteiger partial charge in [-0.2, -0.15) is 0 Å². The molecule has 1 aliphatic rings. The minimum absolute atomic E-state index is 0.0166. The van der Waals surface area contributed by atoms with E-state index in [2.05, 4.69) is 0 Å². The topological polar surface area (TPSA) is 125 Å². The average Bonchev–Trinajstić information content (AvgIpc) is 2.51. The van der Waals surface area contributed by atoms with Gasteiger partial charge in [-0.1, -0.05) is 0 Å². The van der Waals surface area contributed by atoms with Crippen LogP contribution in [0, 0.1) is 6.92 Å². The van der Waals surface area contributed by atoms with Crippen LogP contribution in [0.1, 0.15) is 17.3 Å². The number of hydrogen-bond donors (Lipinski definition) is 4. The van der Waals surface area contributed by atoms with Crippen LogP contribution in [0.3, 0.4) is 0 Å². The van der Waals surface area contributed by atoms with E-state index in [0.717, 1.165) is 6.20 Å². The number of aryl methyl sites for hydroxylation is 1. The normalized spacial score (nSPS) is 44.0. The molecule has 18 heavy (non-hydrogen) atoms. The smallest absolute Gasteiger partial charge is 0.330 e. The van der Waals surface area contributed by atoms with Gasteiger partial charge in [0.2, 0.25) is 0 Å². The van der Waals surface area contributed by atoms with Crippen molar-refractivity contribution in [2.75, 3.05) is 6.56 Å². The highest BCUT2D eigenvalue weighted by Gasteiger charge is 2.43. The zero-order valence-electron chi connectivity index (χ0n) is 13.2. The third kappa shape index (κ3) is 1.99. The van der Waals surface area contributed by atoms with Gasteiger partial charge in [-0.3, -0.25) is 14.3 Å². The van der Waals surface area contributed by atoms with Crippen molar-refractivity contribution in [2.45, 2.75) is 31.4 Å². The van der Waals surface area contributed by atoms with Gasteiger partial charge in [-0.05, 0) is 6.92 Å². The summed E-state index contributed by atoms with van der Waals surface area (Å²) in [6.07, 6.45) is -9.89. The number of rotatable bonds is 2. The standard InChI is InChI=1S/C10H14N2O6/c1-4-2-12(10(17)11-8(4)16)9-7(15)6(14)5(3-13)18-9/h2,5-7,9,13-15H,3H2,1H3,(H,11,16,17)/t5-,6-,7-,9-/m1/s1/i3D2,6D,7D. The zero-order valence-corrected chi connectivity index (χ0v) is 9.25. The summed E-state index contributed by atoms with van der Waals surface area (Å²) < 4.78 is 34.9. The largest absolute Gasteiger partial charge is 0.394 e. The minimum Gasteiger partial charge on any atom is -0.394 e. The number of H-pyrrole nitrogens is 1. The van der Waals surface area contributed by atoms with Crippen LogP contribution in [-0.4, -0.2) is 49.7 Å². The zero-order chi connectivity index (χ0) is 17.1. The summed E-state index contributed by atoms with van der Waals surface area (Å²) in [5.74, 6) is 0. The van der Waals surface area contributed by atoms with Crippen molar-refractivity contribution in [3.8, 4) is 0 Å². The molecule has 2 rings (SSSR count). The molecule has 2 heterocycles. The van der Waals surface area contributed by atoms with E-state index >= 15 is 0 Å². The number of nitrogens with zero attached hydrogens (tertiary/aromatic N) is 1. The van der Waals surface area contributed by atoms with Gasteiger partial charge in [-0.25, -0.2) is 4.79 Å². The second-order valence-corrected chi connectivity index (χ2v) is 3.75. The fraction of sp³-hybridized carbons (Fsp3) is 0.600. The number of hydrogen-bond acceptors (Lipinski definition) is 6. The molecule has 0 aliphatic carbocycles. The van der Waals surface area contributed by atoms with E-state index < -0.39 is 42.3 Å². The van der Waals surface area contributed by atoms with Gasteiger partial charge in [0.1, 0.15) is 18.3 Å². The first-order chi connectivity index (χ1) is 9.80. The van der Waals surface area contributed by atoms with Crippen molar-refractivity contribution in [1.29, 1.82) is 0 Å². The first kappa shape index (κ1) is 8.59. The van der Waals surface area contributed by atoms with Gasteiger partial charge in [0.25, 0.3) is 5.56 Å². The molecule has 8 heteroatoms. The van der Waals surface area contributed by atoms with E-state index in [-0.39, 0.29) is 5.56 Å². The highest BCUT2D eigenvalue weighted by molar-refractivity contribution is 5.03. The maximum atomic E-state index is 11.8. The molecule has 0 bridgehead atoms. The molecule has 0 saturated carbocycles. The van der Waals surface area contributed by atoms with Gasteiger partial charge in [0.05, 0.1) is 12.0 Å². The lowest BCUT2D eigenvalue weighted by atomic mass is 10.1. The monoisotopic (exact) mass is 262 g/mol. The van der Waals surface area contributed by atoms with E-state index in [1.807, 2.05) is 4.98 Å². The van der Waals surface area contributed by atoms with Crippen LogP contribution in [-0.2, 0) is 4.74 Å². The van der Waals surface area contributed by atoms with Crippen LogP contribution in [0.2, 0.25) is 0 Å². The maximum Gasteiger partial charge on any atom is 0.330 e. The van der Waals surface area contributed by atoms with Crippen molar-refractivity contribution in [1.82, 2.24) is 9.55 Å². The lowest BCUT2D eigenvalue weighted by molar-refractivity contribution is -0.0551. The Morgan fingerprint density at radius 2 is 2.22 bits per heavy atom. The van der Waals surface area contributed by atoms with Gasteiger partial charge in [0, 0.05) is 11.8 Å². The molecule has 100 valence electrons. The lowest BCUT2D eigenvalue weighted by Gasteiger charge is -2.17. The van der Waals surface area contributed by atoms with Crippen LogP contribution in [0.25, 0.3) is 0 Å². The predicted octanol–water partition coefficient (Wildman–Crippen LogP) is -2.54. The lowest BCUT2D eigenvalue weighted by Crippen LogP contribution is -2.38. The summed E-state index contributed by atoms with van der Waals surface area (Å²) in [5.41, 5.74) is -1.80. The van der Waals surface area contributed by atoms with Crippen LogP contribution in [0.5, 0.6) is 0 Å². The summed E-state index contributed by atoms with van der Waals surface area (Å²) in [4.78, 5) is 25.0. The van der Waals surface area contributed by atoms with Crippen molar-refractivity contribution in [3.63, 3.8) is 0 Å². The van der Waals surface area contributed by atoms with Crippen LogP contribution < -0.4 is 11.2 Å². The van der Waals surface area contributed by atoms with E-state index in [0.29, 0.717) is 4.57 Å². The number of nitrogens with one attached hydrogen (secondary N) is 1. The Morgan fingerprint density at radius 1 is 1.56 bits per heavy atom. The Labute approximate surface area is 107 Å². The first-order valence-electron chi connectivity index (χ1n) is 6.95. The molecule has 8 nitrogen and oxygen atoms in total. The number of aliphatic hydroxyl groups is 3. The highest BCUT2D eigenvalue weighted by Crippen LogP contribution is 2.27.